The van der Waals surface area contributed by atoms with Crippen LogP contribution in [0.4, 0.5) is 36.8 Å². The highest BCUT2D eigenvalue weighted by Gasteiger charge is 2.73. The van der Waals surface area contributed by atoms with Crippen LogP contribution in [0.5, 0.6) is 0 Å². The normalized spacial score (nSPS) is 17.4. The number of allylic oxidation sites excluding steroid dienone is 1. The van der Waals surface area contributed by atoms with Gasteiger partial charge in [0.15, 0.2) is 0 Å². The fraction of sp³-hybridized carbons (Fsp3) is 0.483. The molecule has 1 aliphatic heterocycles. The largest absolute Gasteiger partial charge is 0.444 e. The van der Waals surface area contributed by atoms with E-state index in [4.69, 9.17) is 9.47 Å². The third-order valence-electron chi connectivity index (χ3n) is 6.47. The molecule has 0 aliphatic carbocycles. The van der Waals surface area contributed by atoms with E-state index in [-0.39, 0.29) is 30.3 Å². The van der Waals surface area contributed by atoms with Crippen LogP contribution in [0.1, 0.15) is 51.3 Å². The van der Waals surface area contributed by atoms with Crippen molar-refractivity contribution in [2.24, 2.45) is 0 Å². The molecule has 1 amide bonds. The molecule has 0 radical (unpaired) electrons. The number of piperazine rings is 1. The van der Waals surface area contributed by atoms with E-state index < -0.39 is 41.8 Å². The molecule has 11 heteroatoms. The number of anilines is 1. The highest BCUT2D eigenvalue weighted by atomic mass is 19.4. The van der Waals surface area contributed by atoms with E-state index in [0.717, 1.165) is 12.1 Å². The molecule has 2 aromatic carbocycles. The van der Waals surface area contributed by atoms with E-state index in [1.807, 2.05) is 11.8 Å². The Morgan fingerprint density at radius 1 is 0.975 bits per heavy atom. The number of nitrogens with zero attached hydrogens (tertiary/aromatic N) is 2. The first-order valence-electron chi connectivity index (χ1n) is 12.8. The number of alkyl halides is 6. The Morgan fingerprint density at radius 2 is 1.60 bits per heavy atom. The lowest BCUT2D eigenvalue weighted by atomic mass is 9.89. The average Bonchev–Trinajstić information content (AvgIpc) is 2.83. The number of rotatable bonds is 6. The minimum atomic E-state index is -5.80. The summed E-state index contributed by atoms with van der Waals surface area (Å²) in [7, 11) is 0. The number of carbonyl (C=O) groups excluding carboxylic acids is 1. The van der Waals surface area contributed by atoms with Crippen LogP contribution in [0, 0.1) is 0 Å². The molecule has 40 heavy (non-hydrogen) atoms. The van der Waals surface area contributed by atoms with Crippen molar-refractivity contribution in [1.82, 2.24) is 4.90 Å². The van der Waals surface area contributed by atoms with E-state index in [1.165, 1.54) is 47.4 Å². The molecule has 1 unspecified atom stereocenters. The summed E-state index contributed by atoms with van der Waals surface area (Å²) in [6.45, 7) is 8.63. The van der Waals surface area contributed by atoms with E-state index in [2.05, 4.69) is 0 Å². The van der Waals surface area contributed by atoms with E-state index in [1.54, 1.807) is 33.8 Å². The predicted octanol–water partition coefficient (Wildman–Crippen LogP) is 7.70. The summed E-state index contributed by atoms with van der Waals surface area (Å²) in [6, 6.07) is 10.1. The van der Waals surface area contributed by atoms with Crippen LogP contribution in [-0.2, 0) is 21.7 Å². The van der Waals surface area contributed by atoms with Gasteiger partial charge in [0.1, 0.15) is 5.60 Å². The van der Waals surface area contributed by atoms with Crippen LogP contribution in [-0.4, -0.2) is 54.6 Å². The Bertz CT molecular complexity index is 1170. The zero-order valence-electron chi connectivity index (χ0n) is 23.1. The number of hydrogen-bond acceptors (Lipinski definition) is 4. The second-order valence-electron chi connectivity index (χ2n) is 10.7. The number of benzene rings is 2. The fourth-order valence-electron chi connectivity index (χ4n) is 4.66. The zero-order valence-corrected chi connectivity index (χ0v) is 23.1. The standard InChI is InChI=1S/C29H34F6N2O3/c1-6-10-22-17-23(27(28(30,31)32,29(33,34)35)39-19-21-11-8-7-9-12-21)13-14-24(22)37-16-15-36(18-20(37)2)25(38)40-26(3,4)5/h6-14,17,20H,15-16,18-19H2,1-5H3. The van der Waals surface area contributed by atoms with Gasteiger partial charge >= 0.3 is 18.4 Å². The molecular formula is C29H34F6N2O3. The van der Waals surface area contributed by atoms with Crippen molar-refractivity contribution in [2.45, 2.75) is 70.8 Å². The van der Waals surface area contributed by atoms with Gasteiger partial charge in [-0.05, 0) is 57.9 Å². The van der Waals surface area contributed by atoms with Gasteiger partial charge in [-0.3, -0.25) is 0 Å². The number of hydrogen-bond donors (Lipinski definition) is 0. The van der Waals surface area contributed by atoms with Gasteiger partial charge < -0.3 is 19.3 Å². The van der Waals surface area contributed by atoms with E-state index in [0.29, 0.717) is 12.2 Å². The van der Waals surface area contributed by atoms with Crippen molar-refractivity contribution in [3.8, 4) is 0 Å². The smallest absolute Gasteiger partial charge is 0.430 e. The Morgan fingerprint density at radius 3 is 2.12 bits per heavy atom. The number of carbonyl (C=O) groups is 1. The lowest BCUT2D eigenvalue weighted by molar-refractivity contribution is -0.392. The molecule has 0 saturated carbocycles. The molecule has 1 atom stereocenters. The fourth-order valence-corrected chi connectivity index (χ4v) is 4.66. The van der Waals surface area contributed by atoms with Crippen LogP contribution >= 0.6 is 0 Å². The van der Waals surface area contributed by atoms with Gasteiger partial charge in [0, 0.05) is 36.9 Å². The monoisotopic (exact) mass is 572 g/mol. The number of amides is 1. The topological polar surface area (TPSA) is 42.0 Å². The van der Waals surface area contributed by atoms with Crippen LogP contribution in [0.15, 0.2) is 54.6 Å². The van der Waals surface area contributed by atoms with Crippen LogP contribution < -0.4 is 4.90 Å². The van der Waals surface area contributed by atoms with Crippen molar-refractivity contribution in [3.05, 3.63) is 71.3 Å². The Kier molecular flexibility index (Phi) is 9.18. The zero-order chi connectivity index (χ0) is 29.9. The molecule has 0 N–H and O–H groups in total. The van der Waals surface area contributed by atoms with Crippen LogP contribution in [0.25, 0.3) is 6.08 Å². The number of ether oxygens (including phenoxy) is 2. The summed E-state index contributed by atoms with van der Waals surface area (Å²) < 4.78 is 96.7. The van der Waals surface area contributed by atoms with Crippen molar-refractivity contribution in [1.29, 1.82) is 0 Å². The van der Waals surface area contributed by atoms with Crippen LogP contribution in [0.3, 0.4) is 0 Å². The Hall–Kier alpha value is -3.21. The predicted molar refractivity (Wildman–Crippen MR) is 141 cm³/mol. The first-order chi connectivity index (χ1) is 18.5. The lowest BCUT2D eigenvalue weighted by Crippen LogP contribution is -2.56. The summed E-state index contributed by atoms with van der Waals surface area (Å²) in [6.07, 6.45) is -9.10. The highest BCUT2D eigenvalue weighted by molar-refractivity contribution is 5.71. The van der Waals surface area contributed by atoms with Gasteiger partial charge in [-0.15, -0.1) is 0 Å². The summed E-state index contributed by atoms with van der Waals surface area (Å²) >= 11 is 0. The van der Waals surface area contributed by atoms with Gasteiger partial charge in [0.2, 0.25) is 0 Å². The molecule has 220 valence electrons. The van der Waals surface area contributed by atoms with Crippen molar-refractivity contribution < 1.29 is 40.6 Å². The highest BCUT2D eigenvalue weighted by Crippen LogP contribution is 2.54. The summed E-state index contributed by atoms with van der Waals surface area (Å²) in [5.41, 5.74) is -5.52. The quantitative estimate of drug-likeness (QED) is 0.333. The first-order valence-corrected chi connectivity index (χ1v) is 12.8. The molecule has 3 rings (SSSR count). The molecule has 2 aromatic rings. The van der Waals surface area contributed by atoms with Gasteiger partial charge in [0.25, 0.3) is 5.60 Å². The van der Waals surface area contributed by atoms with Gasteiger partial charge in [0.05, 0.1) is 6.61 Å². The molecule has 0 aromatic heterocycles. The third-order valence-corrected chi connectivity index (χ3v) is 6.47. The van der Waals surface area contributed by atoms with E-state index in [9.17, 15) is 31.1 Å². The molecule has 1 heterocycles. The Balaban J connectivity index is 2.01. The minimum Gasteiger partial charge on any atom is -0.444 e. The minimum absolute atomic E-state index is 0.166. The van der Waals surface area contributed by atoms with Gasteiger partial charge in [-0.2, -0.15) is 26.3 Å². The van der Waals surface area contributed by atoms with Gasteiger partial charge in [-0.25, -0.2) is 4.79 Å². The second kappa shape index (κ2) is 11.7. The molecular weight excluding hydrogens is 538 g/mol. The molecule has 1 aliphatic rings. The molecule has 0 spiro atoms. The SMILES string of the molecule is CC=Cc1cc(C(OCc2ccccc2)(C(F)(F)F)C(F)(F)F)ccc1N1CCN(C(=O)OC(C)(C)C)CC1C. The van der Waals surface area contributed by atoms with Crippen molar-refractivity contribution in [2.75, 3.05) is 24.5 Å². The molecule has 5 nitrogen and oxygen atoms in total. The van der Waals surface area contributed by atoms with Crippen LogP contribution in [0.2, 0.25) is 0 Å². The van der Waals surface area contributed by atoms with E-state index >= 15 is 0 Å². The summed E-state index contributed by atoms with van der Waals surface area (Å²) in [4.78, 5) is 15.9. The first kappa shape index (κ1) is 31.3. The maximum Gasteiger partial charge on any atom is 0.430 e. The lowest BCUT2D eigenvalue weighted by Gasteiger charge is -2.42. The summed E-state index contributed by atoms with van der Waals surface area (Å²) in [5.74, 6) is 0. The summed E-state index contributed by atoms with van der Waals surface area (Å²) in [5, 5.41) is 0. The third kappa shape index (κ3) is 6.74. The van der Waals surface area contributed by atoms with Crippen molar-refractivity contribution in [3.63, 3.8) is 0 Å². The van der Waals surface area contributed by atoms with Crippen molar-refractivity contribution >= 4 is 17.9 Å². The maximum absolute atomic E-state index is 14.4. The van der Waals surface area contributed by atoms with Gasteiger partial charge in [-0.1, -0.05) is 48.6 Å². The molecule has 1 fully saturated rings. The molecule has 0 bridgehead atoms. The second-order valence-corrected chi connectivity index (χ2v) is 10.7. The Labute approximate surface area is 230 Å². The average molecular weight is 573 g/mol. The molecule has 1 saturated heterocycles. The number of halogens is 6. The maximum atomic E-state index is 14.4.